The first-order valence-electron chi connectivity index (χ1n) is 5.66. The zero-order valence-electron chi connectivity index (χ0n) is 9.75. The van der Waals surface area contributed by atoms with E-state index in [1.807, 2.05) is 18.4 Å². The highest BCUT2D eigenvalue weighted by molar-refractivity contribution is 14.1. The van der Waals surface area contributed by atoms with E-state index in [2.05, 4.69) is 49.7 Å². The van der Waals surface area contributed by atoms with Crippen molar-refractivity contribution in [3.8, 4) is 0 Å². The second-order valence-corrected chi connectivity index (χ2v) is 6.08. The van der Waals surface area contributed by atoms with Gasteiger partial charge in [0.15, 0.2) is 0 Å². The third-order valence-electron chi connectivity index (χ3n) is 3.08. The molecule has 17 heavy (non-hydrogen) atoms. The predicted molar refractivity (Wildman–Crippen MR) is 81.3 cm³/mol. The number of anilines is 2. The van der Waals surface area contributed by atoms with E-state index in [0.717, 1.165) is 28.0 Å². The predicted octanol–water partition coefficient (Wildman–Crippen LogP) is 2.72. The first kappa shape index (κ1) is 11.5. The smallest absolute Gasteiger partial charge is 0.224 e. The van der Waals surface area contributed by atoms with Crippen LogP contribution >= 0.6 is 33.9 Å². The number of hydrogen-bond acceptors (Lipinski definition) is 5. The molecule has 0 aromatic carbocycles. The highest BCUT2D eigenvalue weighted by Gasteiger charge is 2.26. The molecule has 0 aliphatic carbocycles. The Morgan fingerprint density at radius 1 is 1.47 bits per heavy atom. The summed E-state index contributed by atoms with van der Waals surface area (Å²) in [5.41, 5.74) is 1.37. The Kier molecular flexibility index (Phi) is 2.86. The Balaban J connectivity index is 2.28. The van der Waals surface area contributed by atoms with E-state index in [9.17, 15) is 0 Å². The van der Waals surface area contributed by atoms with Crippen LogP contribution in [0.25, 0.3) is 10.2 Å². The van der Waals surface area contributed by atoms with Crippen LogP contribution in [-0.4, -0.2) is 30.1 Å². The maximum Gasteiger partial charge on any atom is 0.224 e. The van der Waals surface area contributed by atoms with Crippen molar-refractivity contribution in [2.24, 2.45) is 0 Å². The van der Waals surface area contributed by atoms with Crippen molar-refractivity contribution in [2.75, 3.05) is 30.4 Å². The molecule has 1 aliphatic heterocycles. The minimum atomic E-state index is 0.713. The molecule has 1 N–H and O–H groups in total. The number of aromatic nitrogens is 2. The maximum atomic E-state index is 4.55. The lowest BCUT2D eigenvalue weighted by atomic mass is 10.3. The number of hydrogen-bond donors (Lipinski definition) is 1. The van der Waals surface area contributed by atoms with Crippen LogP contribution < -0.4 is 10.2 Å². The van der Waals surface area contributed by atoms with Gasteiger partial charge in [-0.25, -0.2) is 9.97 Å². The molecular formula is C11H13IN4S. The summed E-state index contributed by atoms with van der Waals surface area (Å²) >= 11 is 4.12. The Bertz CT molecular complexity index is 580. The monoisotopic (exact) mass is 360 g/mol. The number of rotatable bonds is 2. The molecular weight excluding hydrogens is 347 g/mol. The Labute approximate surface area is 118 Å². The van der Waals surface area contributed by atoms with E-state index >= 15 is 0 Å². The maximum absolute atomic E-state index is 4.55. The van der Waals surface area contributed by atoms with Gasteiger partial charge in [0.05, 0.1) is 11.1 Å². The first-order valence-corrected chi connectivity index (χ1v) is 7.55. The number of nitrogens with zero attached hydrogens (tertiary/aromatic N) is 3. The molecule has 6 heteroatoms. The van der Waals surface area contributed by atoms with Gasteiger partial charge in [-0.1, -0.05) is 0 Å². The normalized spacial score (nSPS) is 14.4. The molecule has 0 amide bonds. The van der Waals surface area contributed by atoms with E-state index in [0.29, 0.717) is 5.95 Å². The molecule has 3 heterocycles. The number of fused-ring (bicyclic) bond motifs is 3. The fraction of sp³-hybridized carbons (Fsp3) is 0.455. The molecule has 0 saturated carbocycles. The molecule has 0 spiro atoms. The Morgan fingerprint density at radius 2 is 2.29 bits per heavy atom. The number of thiophene rings is 1. The van der Waals surface area contributed by atoms with Crippen LogP contribution in [0, 0.1) is 3.70 Å². The van der Waals surface area contributed by atoms with Gasteiger partial charge in [0.1, 0.15) is 8.53 Å². The van der Waals surface area contributed by atoms with Crippen molar-refractivity contribution in [3.05, 3.63) is 8.58 Å². The second-order valence-electron chi connectivity index (χ2n) is 3.97. The highest BCUT2D eigenvalue weighted by atomic mass is 127. The van der Waals surface area contributed by atoms with Gasteiger partial charge in [0.25, 0.3) is 0 Å². The third-order valence-corrected chi connectivity index (χ3v) is 5.00. The van der Waals surface area contributed by atoms with Gasteiger partial charge in [-0.15, -0.1) is 11.3 Å². The largest absolute Gasteiger partial charge is 0.370 e. The molecule has 0 bridgehead atoms. The average Bonchev–Trinajstić information content (AvgIpc) is 2.86. The third kappa shape index (κ3) is 1.69. The van der Waals surface area contributed by atoms with Crippen molar-refractivity contribution in [1.29, 1.82) is 0 Å². The van der Waals surface area contributed by atoms with E-state index in [1.54, 1.807) is 0 Å². The van der Waals surface area contributed by atoms with Crippen LogP contribution in [0.15, 0.2) is 0 Å². The summed E-state index contributed by atoms with van der Waals surface area (Å²) in [7, 11) is 1.86. The topological polar surface area (TPSA) is 41.1 Å². The molecule has 2 aromatic heterocycles. The minimum absolute atomic E-state index is 0.713. The molecule has 0 atom stereocenters. The Morgan fingerprint density at radius 3 is 3.00 bits per heavy atom. The molecule has 0 fully saturated rings. The van der Waals surface area contributed by atoms with Crippen LogP contribution in [0.3, 0.4) is 0 Å². The van der Waals surface area contributed by atoms with Crippen molar-refractivity contribution in [3.63, 3.8) is 0 Å². The fourth-order valence-corrected chi connectivity index (χ4v) is 4.38. The van der Waals surface area contributed by atoms with Crippen LogP contribution in [0.5, 0.6) is 0 Å². The van der Waals surface area contributed by atoms with Crippen molar-refractivity contribution in [2.45, 2.75) is 13.3 Å². The lowest BCUT2D eigenvalue weighted by Crippen LogP contribution is -2.19. The van der Waals surface area contributed by atoms with Crippen molar-refractivity contribution >= 4 is 55.8 Å². The summed E-state index contributed by atoms with van der Waals surface area (Å²) in [4.78, 5) is 14.0. The van der Waals surface area contributed by atoms with Gasteiger partial charge in [-0.2, -0.15) is 0 Å². The van der Waals surface area contributed by atoms with Gasteiger partial charge < -0.3 is 10.2 Å². The summed E-state index contributed by atoms with van der Waals surface area (Å²) in [5, 5.41) is 4.26. The second kappa shape index (κ2) is 4.24. The van der Waals surface area contributed by atoms with Crippen LogP contribution in [0.4, 0.5) is 11.6 Å². The van der Waals surface area contributed by atoms with Gasteiger partial charge >= 0.3 is 0 Å². The van der Waals surface area contributed by atoms with Gasteiger partial charge in [-0.3, -0.25) is 0 Å². The standard InChI is InChI=1S/C11H13IN4S/c1-3-16-5-4-6-8(16)7-9(12)14-11(13-2)15-10(7)17-6/h3-5H2,1-2H3,(H,13,14,15). The molecule has 4 nitrogen and oxygen atoms in total. The highest BCUT2D eigenvalue weighted by Crippen LogP contribution is 2.43. The average molecular weight is 360 g/mol. The summed E-state index contributed by atoms with van der Waals surface area (Å²) < 4.78 is 1.05. The molecule has 90 valence electrons. The van der Waals surface area contributed by atoms with Crippen LogP contribution in [0.2, 0.25) is 0 Å². The minimum Gasteiger partial charge on any atom is -0.370 e. The van der Waals surface area contributed by atoms with E-state index in [-0.39, 0.29) is 0 Å². The summed E-state index contributed by atoms with van der Waals surface area (Å²) in [6.07, 6.45) is 1.15. The first-order chi connectivity index (χ1) is 8.24. The van der Waals surface area contributed by atoms with Gasteiger partial charge in [0, 0.05) is 31.4 Å². The van der Waals surface area contributed by atoms with Gasteiger partial charge in [0.2, 0.25) is 5.95 Å². The molecule has 2 aromatic rings. The lowest BCUT2D eigenvalue weighted by Gasteiger charge is -2.16. The summed E-state index contributed by atoms with van der Waals surface area (Å²) in [6, 6.07) is 0. The molecule has 0 radical (unpaired) electrons. The van der Waals surface area contributed by atoms with E-state index < -0.39 is 0 Å². The zero-order chi connectivity index (χ0) is 12.0. The van der Waals surface area contributed by atoms with Gasteiger partial charge in [-0.05, 0) is 29.5 Å². The molecule has 0 saturated heterocycles. The number of likely N-dealkylation sites (N-methyl/N-ethyl adjacent to an activating group) is 1. The summed E-state index contributed by atoms with van der Waals surface area (Å²) in [6.45, 7) is 4.40. The van der Waals surface area contributed by atoms with Crippen LogP contribution in [-0.2, 0) is 6.42 Å². The van der Waals surface area contributed by atoms with Crippen molar-refractivity contribution < 1.29 is 0 Å². The van der Waals surface area contributed by atoms with E-state index in [1.165, 1.54) is 16.0 Å². The van der Waals surface area contributed by atoms with E-state index in [4.69, 9.17) is 0 Å². The summed E-state index contributed by atoms with van der Waals surface area (Å²) in [5.74, 6) is 0.713. The quantitative estimate of drug-likeness (QED) is 0.661. The van der Waals surface area contributed by atoms with Crippen molar-refractivity contribution in [1.82, 2.24) is 9.97 Å². The molecule has 1 aliphatic rings. The lowest BCUT2D eigenvalue weighted by molar-refractivity contribution is 0.871. The SMILES string of the molecule is CCN1CCc2sc3nc(NC)nc(I)c3c21. The Hall–Kier alpha value is -0.630. The fourth-order valence-electron chi connectivity index (χ4n) is 2.27. The molecule has 3 rings (SSSR count). The van der Waals surface area contributed by atoms with Crippen LogP contribution in [0.1, 0.15) is 11.8 Å². The zero-order valence-corrected chi connectivity index (χ0v) is 12.7. The molecule has 0 unspecified atom stereocenters. The number of nitrogens with one attached hydrogen (secondary N) is 1. The number of halogens is 1.